The van der Waals surface area contributed by atoms with Crippen LogP contribution in [0, 0.1) is 5.41 Å². The Hall–Kier alpha value is -2.82. The average molecular weight is 257 g/mol. The van der Waals surface area contributed by atoms with Crippen LogP contribution in [0.1, 0.15) is 5.56 Å². The third-order valence-electron chi connectivity index (χ3n) is 2.35. The van der Waals surface area contributed by atoms with E-state index in [4.69, 9.17) is 15.2 Å². The SMILES string of the molecule is N=C(C=O)c1ccc(OOc2ccccc2)cc1O. The van der Waals surface area contributed by atoms with Crippen LogP contribution >= 0.6 is 0 Å². The number of rotatable bonds is 5. The van der Waals surface area contributed by atoms with Crippen LogP contribution in [0.5, 0.6) is 17.2 Å². The van der Waals surface area contributed by atoms with E-state index in [1.54, 1.807) is 24.3 Å². The quantitative estimate of drug-likeness (QED) is 0.373. The molecule has 2 rings (SSSR count). The summed E-state index contributed by atoms with van der Waals surface area (Å²) in [5, 5.41) is 17.0. The van der Waals surface area contributed by atoms with Crippen molar-refractivity contribution in [3.8, 4) is 17.2 Å². The topological polar surface area (TPSA) is 79.6 Å². The van der Waals surface area contributed by atoms with Gasteiger partial charge in [0.1, 0.15) is 11.5 Å². The van der Waals surface area contributed by atoms with Crippen LogP contribution in [-0.2, 0) is 4.79 Å². The van der Waals surface area contributed by atoms with E-state index in [2.05, 4.69) is 0 Å². The van der Waals surface area contributed by atoms with Crippen LogP contribution in [-0.4, -0.2) is 17.1 Å². The molecule has 0 bridgehead atoms. The second-order valence-electron chi connectivity index (χ2n) is 3.69. The highest BCUT2D eigenvalue weighted by molar-refractivity contribution is 6.35. The molecule has 5 nitrogen and oxygen atoms in total. The van der Waals surface area contributed by atoms with Gasteiger partial charge < -0.3 is 5.11 Å². The lowest BCUT2D eigenvalue weighted by Gasteiger charge is -2.07. The molecule has 2 aromatic rings. The van der Waals surface area contributed by atoms with Crippen LogP contribution in [0.4, 0.5) is 0 Å². The molecule has 19 heavy (non-hydrogen) atoms. The Morgan fingerprint density at radius 1 is 1.05 bits per heavy atom. The number of phenolic OH excluding ortho intramolecular Hbond substituents is 1. The molecule has 0 fully saturated rings. The highest BCUT2D eigenvalue weighted by Crippen LogP contribution is 2.24. The molecule has 0 saturated carbocycles. The van der Waals surface area contributed by atoms with Gasteiger partial charge in [0, 0.05) is 11.6 Å². The van der Waals surface area contributed by atoms with Gasteiger partial charge in [-0.05, 0) is 24.3 Å². The van der Waals surface area contributed by atoms with Gasteiger partial charge in [0.05, 0.1) is 0 Å². The number of carbonyl (C=O) groups is 1. The number of carbonyl (C=O) groups excluding carboxylic acids is 1. The molecule has 5 heteroatoms. The molecular weight excluding hydrogens is 246 g/mol. The summed E-state index contributed by atoms with van der Waals surface area (Å²) in [6.45, 7) is 0. The summed E-state index contributed by atoms with van der Waals surface area (Å²) in [7, 11) is 0. The minimum absolute atomic E-state index is 0.141. The zero-order valence-corrected chi connectivity index (χ0v) is 9.87. The average Bonchev–Trinajstić information content (AvgIpc) is 2.45. The first-order valence-electron chi connectivity index (χ1n) is 5.47. The van der Waals surface area contributed by atoms with Gasteiger partial charge in [0.15, 0.2) is 17.8 Å². The maximum atomic E-state index is 10.5. The number of hydrogen-bond donors (Lipinski definition) is 2. The van der Waals surface area contributed by atoms with E-state index in [9.17, 15) is 9.90 Å². The van der Waals surface area contributed by atoms with E-state index in [1.807, 2.05) is 6.07 Å². The van der Waals surface area contributed by atoms with Crippen molar-refractivity contribution in [3.63, 3.8) is 0 Å². The summed E-state index contributed by atoms with van der Waals surface area (Å²) in [5.74, 6) is 0.571. The Morgan fingerprint density at radius 2 is 1.74 bits per heavy atom. The molecule has 0 unspecified atom stereocenters. The highest BCUT2D eigenvalue weighted by Gasteiger charge is 2.08. The maximum absolute atomic E-state index is 10.5. The lowest BCUT2D eigenvalue weighted by Crippen LogP contribution is -2.03. The van der Waals surface area contributed by atoms with Crippen LogP contribution in [0.3, 0.4) is 0 Å². The van der Waals surface area contributed by atoms with Gasteiger partial charge in [-0.15, -0.1) is 0 Å². The Morgan fingerprint density at radius 3 is 2.37 bits per heavy atom. The van der Waals surface area contributed by atoms with E-state index in [1.165, 1.54) is 18.2 Å². The fourth-order valence-electron chi connectivity index (χ4n) is 1.43. The number of para-hydroxylation sites is 1. The van der Waals surface area contributed by atoms with Crippen molar-refractivity contribution in [3.05, 3.63) is 54.1 Å². The monoisotopic (exact) mass is 257 g/mol. The van der Waals surface area contributed by atoms with Gasteiger partial charge in [-0.3, -0.25) is 20.0 Å². The van der Waals surface area contributed by atoms with Gasteiger partial charge in [-0.25, -0.2) is 0 Å². The Bertz CT molecular complexity index is 596. The Labute approximate surface area is 109 Å². The molecule has 2 aromatic carbocycles. The van der Waals surface area contributed by atoms with Gasteiger partial charge in [0.2, 0.25) is 0 Å². The van der Waals surface area contributed by atoms with Crippen molar-refractivity contribution >= 4 is 12.0 Å². The normalized spacial score (nSPS) is 9.68. The van der Waals surface area contributed by atoms with Crippen molar-refractivity contribution in [1.82, 2.24) is 0 Å². The molecule has 0 amide bonds. The lowest BCUT2D eigenvalue weighted by molar-refractivity contribution is -0.102. The number of phenols is 1. The fourth-order valence-corrected chi connectivity index (χ4v) is 1.43. The van der Waals surface area contributed by atoms with Gasteiger partial charge in [0.25, 0.3) is 0 Å². The highest BCUT2D eigenvalue weighted by atomic mass is 17.2. The van der Waals surface area contributed by atoms with E-state index in [-0.39, 0.29) is 22.8 Å². The van der Waals surface area contributed by atoms with Crippen LogP contribution in [0.15, 0.2) is 48.5 Å². The van der Waals surface area contributed by atoms with E-state index in [0.29, 0.717) is 12.0 Å². The Kier molecular flexibility index (Phi) is 3.78. The van der Waals surface area contributed by atoms with Crippen LogP contribution in [0.2, 0.25) is 0 Å². The fraction of sp³-hybridized carbons (Fsp3) is 0. The molecular formula is C14H11NO4. The molecule has 0 radical (unpaired) electrons. The molecule has 0 spiro atoms. The molecule has 0 atom stereocenters. The van der Waals surface area contributed by atoms with Crippen molar-refractivity contribution in [2.24, 2.45) is 0 Å². The molecule has 0 heterocycles. The smallest absolute Gasteiger partial charge is 0.182 e. The summed E-state index contributed by atoms with van der Waals surface area (Å²) in [4.78, 5) is 20.5. The van der Waals surface area contributed by atoms with Crippen molar-refractivity contribution < 1.29 is 19.7 Å². The minimum Gasteiger partial charge on any atom is -0.507 e. The maximum Gasteiger partial charge on any atom is 0.182 e. The molecule has 0 aliphatic rings. The lowest BCUT2D eigenvalue weighted by atomic mass is 10.1. The number of aromatic hydroxyl groups is 1. The van der Waals surface area contributed by atoms with Gasteiger partial charge in [-0.1, -0.05) is 18.2 Å². The molecule has 0 aliphatic carbocycles. The first-order chi connectivity index (χ1) is 9.20. The number of nitrogens with one attached hydrogen (secondary N) is 1. The number of benzene rings is 2. The Balaban J connectivity index is 2.08. The summed E-state index contributed by atoms with van der Waals surface area (Å²) < 4.78 is 0. The van der Waals surface area contributed by atoms with E-state index in [0.717, 1.165) is 0 Å². The second-order valence-corrected chi connectivity index (χ2v) is 3.69. The number of hydrogen-bond acceptors (Lipinski definition) is 5. The second kappa shape index (κ2) is 5.68. The molecule has 0 aliphatic heterocycles. The largest absolute Gasteiger partial charge is 0.507 e. The van der Waals surface area contributed by atoms with Crippen molar-refractivity contribution in [2.45, 2.75) is 0 Å². The van der Waals surface area contributed by atoms with Crippen LogP contribution in [0.25, 0.3) is 0 Å². The third-order valence-corrected chi connectivity index (χ3v) is 2.35. The van der Waals surface area contributed by atoms with Crippen molar-refractivity contribution in [1.29, 1.82) is 5.41 Å². The zero-order chi connectivity index (χ0) is 13.7. The van der Waals surface area contributed by atoms with Gasteiger partial charge in [-0.2, -0.15) is 0 Å². The van der Waals surface area contributed by atoms with Crippen LogP contribution < -0.4 is 9.78 Å². The first-order valence-corrected chi connectivity index (χ1v) is 5.47. The minimum atomic E-state index is -0.298. The molecule has 96 valence electrons. The van der Waals surface area contributed by atoms with E-state index >= 15 is 0 Å². The summed E-state index contributed by atoms with van der Waals surface area (Å²) >= 11 is 0. The van der Waals surface area contributed by atoms with E-state index < -0.39 is 0 Å². The molecule has 0 saturated heterocycles. The van der Waals surface area contributed by atoms with Gasteiger partial charge >= 0.3 is 0 Å². The standard InChI is InChI=1S/C14H11NO4/c15-13(9-16)12-7-6-11(8-14(12)17)19-18-10-4-2-1-3-5-10/h1-9,15,17H. The predicted octanol–water partition coefficient (Wildman–Crippen LogP) is 2.33. The predicted molar refractivity (Wildman–Crippen MR) is 68.7 cm³/mol. The third kappa shape index (κ3) is 3.10. The summed E-state index contributed by atoms with van der Waals surface area (Å²) in [6, 6.07) is 13.1. The molecule has 0 aromatic heterocycles. The van der Waals surface area contributed by atoms with Crippen molar-refractivity contribution in [2.75, 3.05) is 0 Å². The number of aldehydes is 1. The molecule has 2 N–H and O–H groups in total. The summed E-state index contributed by atoms with van der Waals surface area (Å²) in [6.07, 6.45) is 0.357. The summed E-state index contributed by atoms with van der Waals surface area (Å²) in [5.41, 5.74) is -0.157. The zero-order valence-electron chi connectivity index (χ0n) is 9.87. The first kappa shape index (κ1) is 12.6.